The maximum Gasteiger partial charge on any atom is 0.418 e. The van der Waals surface area contributed by atoms with Gasteiger partial charge in [0.25, 0.3) is 0 Å². The molecule has 1 aliphatic rings. The fourth-order valence-electron chi connectivity index (χ4n) is 3.76. The smallest absolute Gasteiger partial charge is 0.256 e. The highest BCUT2D eigenvalue weighted by Gasteiger charge is 2.43. The number of hydrogen-bond acceptors (Lipinski definition) is 3. The number of imidazole rings is 1. The van der Waals surface area contributed by atoms with Crippen molar-refractivity contribution in [1.29, 1.82) is 0 Å². The van der Waals surface area contributed by atoms with Crippen LogP contribution in [-0.2, 0) is 6.18 Å². The Morgan fingerprint density at radius 1 is 1.11 bits per heavy atom. The van der Waals surface area contributed by atoms with Gasteiger partial charge in [0.2, 0.25) is 5.95 Å². The van der Waals surface area contributed by atoms with Crippen molar-refractivity contribution in [2.75, 3.05) is 0 Å². The minimum Gasteiger partial charge on any atom is -0.256 e. The minimum atomic E-state index is -4.51. The molecule has 1 aromatic carbocycles. The van der Waals surface area contributed by atoms with Crippen molar-refractivity contribution in [2.24, 2.45) is 0 Å². The summed E-state index contributed by atoms with van der Waals surface area (Å²) in [7, 11) is 0. The molecule has 4 nitrogen and oxygen atoms in total. The number of halogens is 5. The molecule has 0 bridgehead atoms. The summed E-state index contributed by atoms with van der Waals surface area (Å²) in [5.41, 5.74) is 0.745. The third-order valence-corrected chi connectivity index (χ3v) is 5.26. The van der Waals surface area contributed by atoms with Crippen LogP contribution >= 0.6 is 11.6 Å². The maximum absolute atomic E-state index is 13.8. The number of nitrogens with zero attached hydrogens (tertiary/aromatic N) is 4. The van der Waals surface area contributed by atoms with Gasteiger partial charge in [-0.25, -0.2) is 4.98 Å². The van der Waals surface area contributed by atoms with Crippen LogP contribution < -0.4 is 0 Å². The van der Waals surface area contributed by atoms with E-state index in [1.165, 1.54) is 6.20 Å². The second-order valence-corrected chi connectivity index (χ2v) is 7.22. The highest BCUT2D eigenvalue weighted by molar-refractivity contribution is 6.29. The van der Waals surface area contributed by atoms with Gasteiger partial charge < -0.3 is 0 Å². The van der Waals surface area contributed by atoms with E-state index in [2.05, 4.69) is 15.1 Å². The molecule has 0 amide bonds. The van der Waals surface area contributed by atoms with Crippen LogP contribution in [0.1, 0.15) is 34.9 Å². The number of benzene rings is 1. The molecule has 1 fully saturated rings. The Balaban J connectivity index is 1.61. The zero-order chi connectivity index (χ0) is 19.6. The number of hydrogen-bond donors (Lipinski definition) is 0. The van der Waals surface area contributed by atoms with Crippen LogP contribution in [0.4, 0.5) is 17.6 Å². The van der Waals surface area contributed by atoms with Gasteiger partial charge in [-0.3, -0.25) is 4.98 Å². The fourth-order valence-corrected chi connectivity index (χ4v) is 3.95. The molecule has 0 N–H and O–H groups in total. The molecule has 4 aromatic rings. The summed E-state index contributed by atoms with van der Waals surface area (Å²) in [6, 6.07) is 7.71. The molecule has 28 heavy (non-hydrogen) atoms. The number of rotatable bonds is 2. The number of fused-ring (bicyclic) bond motifs is 2. The van der Waals surface area contributed by atoms with Crippen LogP contribution in [0.15, 0.2) is 42.7 Å². The largest absolute Gasteiger partial charge is 0.418 e. The lowest BCUT2D eigenvalue weighted by molar-refractivity contribution is -0.136. The molecule has 9 heteroatoms. The molecule has 0 spiro atoms. The second kappa shape index (κ2) is 5.88. The van der Waals surface area contributed by atoms with E-state index < -0.39 is 17.7 Å². The lowest BCUT2D eigenvalue weighted by atomic mass is 9.99. The van der Waals surface area contributed by atoms with Gasteiger partial charge in [-0.15, -0.1) is 0 Å². The Bertz CT molecular complexity index is 1230. The molecule has 2 atom stereocenters. The first-order valence-corrected chi connectivity index (χ1v) is 8.86. The van der Waals surface area contributed by atoms with Gasteiger partial charge in [0, 0.05) is 17.1 Å². The summed E-state index contributed by atoms with van der Waals surface area (Å²) in [5, 5.41) is 4.41. The van der Waals surface area contributed by atoms with E-state index in [1.54, 1.807) is 24.3 Å². The lowest BCUT2D eigenvalue weighted by Gasteiger charge is -2.12. The quantitative estimate of drug-likeness (QED) is 0.421. The van der Waals surface area contributed by atoms with Crippen LogP contribution in [0.2, 0.25) is 5.15 Å². The maximum atomic E-state index is 13.8. The standard InChI is InChI=1S/C19H11ClF4N4/c20-15-7-13(18-26-8-16(21)28(18)27-15)12-6-11(12)10-4-9-2-1-3-25-17(9)14(5-10)19(22,23)24/h1-5,7-8,11-12H,6H2/t11?,12-/m0/s1. The van der Waals surface area contributed by atoms with Crippen molar-refractivity contribution in [2.45, 2.75) is 24.4 Å². The molecule has 142 valence electrons. The van der Waals surface area contributed by atoms with Crippen molar-refractivity contribution < 1.29 is 17.6 Å². The SMILES string of the molecule is Fc1cnc2c([C@H]3CC3c3cc(C(F)(F)F)c4ncccc4c3)cc(Cl)nn12. The predicted molar refractivity (Wildman–Crippen MR) is 94.8 cm³/mol. The molecular weight excluding hydrogens is 396 g/mol. The topological polar surface area (TPSA) is 43.1 Å². The zero-order valence-corrected chi connectivity index (χ0v) is 14.8. The Kier molecular flexibility index (Phi) is 3.64. The molecule has 0 aliphatic heterocycles. The van der Waals surface area contributed by atoms with Crippen LogP contribution in [-0.4, -0.2) is 19.6 Å². The van der Waals surface area contributed by atoms with Gasteiger partial charge in [-0.2, -0.15) is 27.2 Å². The highest BCUT2D eigenvalue weighted by atomic mass is 35.5. The normalized spacial score (nSPS) is 19.5. The third kappa shape index (κ3) is 2.71. The van der Waals surface area contributed by atoms with E-state index in [4.69, 9.17) is 11.6 Å². The van der Waals surface area contributed by atoms with E-state index in [0.29, 0.717) is 28.6 Å². The zero-order valence-electron chi connectivity index (χ0n) is 14.1. The summed E-state index contributed by atoms with van der Waals surface area (Å²) in [4.78, 5) is 7.93. The molecule has 3 heterocycles. The van der Waals surface area contributed by atoms with Crippen molar-refractivity contribution >= 4 is 28.2 Å². The van der Waals surface area contributed by atoms with Crippen LogP contribution in [0.5, 0.6) is 0 Å². The van der Waals surface area contributed by atoms with Gasteiger partial charge in [-0.1, -0.05) is 17.7 Å². The molecule has 1 aliphatic carbocycles. The Morgan fingerprint density at radius 3 is 2.71 bits per heavy atom. The van der Waals surface area contributed by atoms with E-state index in [0.717, 1.165) is 16.8 Å². The molecule has 0 saturated heterocycles. The summed E-state index contributed by atoms with van der Waals surface area (Å²) < 4.78 is 55.5. The van der Waals surface area contributed by atoms with Crippen molar-refractivity contribution in [3.05, 3.63) is 70.5 Å². The van der Waals surface area contributed by atoms with Gasteiger partial charge >= 0.3 is 6.18 Å². The van der Waals surface area contributed by atoms with E-state index in [1.807, 2.05) is 0 Å². The molecule has 1 unspecified atom stereocenters. The van der Waals surface area contributed by atoms with E-state index in [-0.39, 0.29) is 22.5 Å². The second-order valence-electron chi connectivity index (χ2n) is 6.83. The molecule has 3 aromatic heterocycles. The molecule has 0 radical (unpaired) electrons. The fraction of sp³-hybridized carbons (Fsp3) is 0.211. The Morgan fingerprint density at radius 2 is 1.93 bits per heavy atom. The molecular formula is C19H11ClF4N4. The van der Waals surface area contributed by atoms with E-state index >= 15 is 0 Å². The highest BCUT2D eigenvalue weighted by Crippen LogP contribution is 2.56. The predicted octanol–water partition coefficient (Wildman–Crippen LogP) is 5.36. The van der Waals surface area contributed by atoms with Crippen molar-refractivity contribution in [3.8, 4) is 0 Å². The molecule has 5 rings (SSSR count). The Labute approximate surface area is 160 Å². The van der Waals surface area contributed by atoms with Gasteiger partial charge in [-0.05, 0) is 48.1 Å². The number of pyridine rings is 1. The van der Waals surface area contributed by atoms with E-state index in [9.17, 15) is 17.6 Å². The average molecular weight is 407 g/mol. The van der Waals surface area contributed by atoms with Gasteiger partial charge in [0.15, 0.2) is 10.8 Å². The minimum absolute atomic E-state index is 0.0689. The monoisotopic (exact) mass is 406 g/mol. The van der Waals surface area contributed by atoms with Crippen LogP contribution in [0.3, 0.4) is 0 Å². The first-order chi connectivity index (χ1) is 13.3. The van der Waals surface area contributed by atoms with Crippen molar-refractivity contribution in [1.82, 2.24) is 19.6 Å². The molecule has 1 saturated carbocycles. The van der Waals surface area contributed by atoms with Gasteiger partial charge in [0.05, 0.1) is 17.3 Å². The summed E-state index contributed by atoms with van der Waals surface area (Å²) >= 11 is 6.00. The number of aromatic nitrogens is 4. The average Bonchev–Trinajstić information content (AvgIpc) is 3.37. The van der Waals surface area contributed by atoms with Crippen molar-refractivity contribution in [3.63, 3.8) is 0 Å². The summed E-state index contributed by atoms with van der Waals surface area (Å²) in [5.74, 6) is -0.903. The first kappa shape index (κ1) is 17.4. The first-order valence-electron chi connectivity index (χ1n) is 8.48. The van der Waals surface area contributed by atoms with Crippen LogP contribution in [0.25, 0.3) is 16.6 Å². The lowest BCUT2D eigenvalue weighted by Crippen LogP contribution is -2.07. The van der Waals surface area contributed by atoms with Gasteiger partial charge in [0.1, 0.15) is 0 Å². The summed E-state index contributed by atoms with van der Waals surface area (Å²) in [6.45, 7) is 0. The van der Waals surface area contributed by atoms with Crippen LogP contribution in [0, 0.1) is 5.95 Å². The third-order valence-electron chi connectivity index (χ3n) is 5.08. The number of alkyl halides is 3. The Hall–Kier alpha value is -2.74. The summed E-state index contributed by atoms with van der Waals surface area (Å²) in [6.07, 6.45) is -1.50.